The van der Waals surface area contributed by atoms with Gasteiger partial charge in [0, 0.05) is 22.5 Å². The van der Waals surface area contributed by atoms with Crippen LogP contribution in [0.25, 0.3) is 22.2 Å². The number of rotatable bonds is 5. The van der Waals surface area contributed by atoms with Crippen LogP contribution in [0.5, 0.6) is 0 Å². The van der Waals surface area contributed by atoms with Crippen molar-refractivity contribution in [2.75, 3.05) is 0 Å². The van der Waals surface area contributed by atoms with E-state index in [4.69, 9.17) is 16.3 Å². The van der Waals surface area contributed by atoms with Crippen LogP contribution in [0.1, 0.15) is 63.2 Å². The summed E-state index contributed by atoms with van der Waals surface area (Å²) < 4.78 is 34.8. The molecule has 3 aromatic rings. The topological polar surface area (TPSA) is 88.3 Å². The smallest absolute Gasteiger partial charge is 0.341 e. The number of esters is 1. The molecule has 1 saturated carbocycles. The van der Waals surface area contributed by atoms with Gasteiger partial charge in [-0.2, -0.15) is 0 Å². The molecule has 176 valence electrons. The van der Waals surface area contributed by atoms with Gasteiger partial charge in [-0.25, -0.2) is 17.9 Å². The average Bonchev–Trinajstić information content (AvgIpc) is 3.13. The van der Waals surface area contributed by atoms with Crippen molar-refractivity contribution >= 4 is 38.5 Å². The summed E-state index contributed by atoms with van der Waals surface area (Å²) >= 11 is 6.33. The number of hydrogen-bond acceptors (Lipinski definition) is 4. The third kappa shape index (κ3) is 5.26. The fourth-order valence-corrected chi connectivity index (χ4v) is 6.10. The zero-order chi connectivity index (χ0) is 23.8. The molecular weight excluding hydrogens is 460 g/mol. The third-order valence-corrected chi connectivity index (χ3v) is 7.75. The Morgan fingerprint density at radius 2 is 1.79 bits per heavy atom. The standard InChI is InChI=1S/C25H29ClN2O4S/c1-25(2,3)32-24(29)22-18-11-7-8-12-20(18)27-23(22)16-13-14-19(26)21(15-16)33(30,31)28-17-9-5-4-6-10-17/h7-8,11-15,17,27-28H,4-6,9-10H2,1-3H3. The minimum Gasteiger partial charge on any atom is -0.456 e. The van der Waals surface area contributed by atoms with Gasteiger partial charge in [-0.3, -0.25) is 0 Å². The number of halogens is 1. The van der Waals surface area contributed by atoms with Gasteiger partial charge in [-0.05, 0) is 51.8 Å². The Bertz CT molecular complexity index is 1290. The molecule has 0 spiro atoms. The van der Waals surface area contributed by atoms with Gasteiger partial charge in [0.2, 0.25) is 10.0 Å². The summed E-state index contributed by atoms with van der Waals surface area (Å²) in [5.41, 5.74) is 1.49. The Morgan fingerprint density at radius 1 is 1.09 bits per heavy atom. The van der Waals surface area contributed by atoms with Crippen LogP contribution < -0.4 is 4.72 Å². The monoisotopic (exact) mass is 488 g/mol. The lowest BCUT2D eigenvalue weighted by Crippen LogP contribution is -2.36. The Kier molecular flexibility index (Phi) is 6.58. The number of aromatic amines is 1. The predicted molar refractivity (Wildman–Crippen MR) is 131 cm³/mol. The lowest BCUT2D eigenvalue weighted by molar-refractivity contribution is 0.00728. The van der Waals surface area contributed by atoms with Crippen molar-refractivity contribution < 1.29 is 17.9 Å². The summed E-state index contributed by atoms with van der Waals surface area (Å²) in [6, 6.07) is 12.1. The first-order chi connectivity index (χ1) is 15.5. The van der Waals surface area contributed by atoms with Crippen LogP contribution in [0.4, 0.5) is 0 Å². The number of H-pyrrole nitrogens is 1. The van der Waals surface area contributed by atoms with Gasteiger partial charge in [0.15, 0.2) is 0 Å². The van der Waals surface area contributed by atoms with Gasteiger partial charge in [-0.1, -0.05) is 55.1 Å². The van der Waals surface area contributed by atoms with Gasteiger partial charge in [0.05, 0.1) is 16.3 Å². The molecular formula is C25H29ClN2O4S. The molecule has 6 nitrogen and oxygen atoms in total. The molecule has 0 bridgehead atoms. The SMILES string of the molecule is CC(C)(C)OC(=O)c1c(-c2ccc(Cl)c(S(=O)(=O)NC3CCCCC3)c2)[nH]c2ccccc12. The molecule has 2 aromatic carbocycles. The maximum absolute atomic E-state index is 13.2. The molecule has 0 aliphatic heterocycles. The van der Waals surface area contributed by atoms with E-state index in [1.807, 2.05) is 45.0 Å². The zero-order valence-corrected chi connectivity index (χ0v) is 20.6. The van der Waals surface area contributed by atoms with E-state index in [2.05, 4.69) is 9.71 Å². The highest BCUT2D eigenvalue weighted by atomic mass is 35.5. The van der Waals surface area contributed by atoms with E-state index in [0.29, 0.717) is 22.2 Å². The molecule has 1 aliphatic carbocycles. The van der Waals surface area contributed by atoms with Crippen LogP contribution in [0.3, 0.4) is 0 Å². The van der Waals surface area contributed by atoms with Crippen molar-refractivity contribution in [2.45, 2.75) is 69.4 Å². The van der Waals surface area contributed by atoms with Gasteiger partial charge >= 0.3 is 5.97 Å². The number of fused-ring (bicyclic) bond motifs is 1. The van der Waals surface area contributed by atoms with Crippen molar-refractivity contribution in [1.29, 1.82) is 0 Å². The maximum atomic E-state index is 13.2. The largest absolute Gasteiger partial charge is 0.456 e. The Balaban J connectivity index is 1.79. The lowest BCUT2D eigenvalue weighted by atomic mass is 9.96. The maximum Gasteiger partial charge on any atom is 0.341 e. The molecule has 0 atom stereocenters. The van der Waals surface area contributed by atoms with Crippen LogP contribution in [-0.4, -0.2) is 31.0 Å². The first-order valence-electron chi connectivity index (χ1n) is 11.2. The van der Waals surface area contributed by atoms with Crippen molar-refractivity contribution in [2.24, 2.45) is 0 Å². The van der Waals surface area contributed by atoms with E-state index in [1.54, 1.807) is 12.1 Å². The van der Waals surface area contributed by atoms with Crippen LogP contribution >= 0.6 is 11.6 Å². The van der Waals surface area contributed by atoms with Gasteiger partial charge in [0.1, 0.15) is 10.5 Å². The van der Waals surface area contributed by atoms with E-state index in [0.717, 1.165) is 37.6 Å². The minimum absolute atomic E-state index is 0.000958. The molecule has 4 rings (SSSR count). The van der Waals surface area contributed by atoms with Crippen molar-refractivity contribution in [1.82, 2.24) is 9.71 Å². The third-order valence-electron chi connectivity index (χ3n) is 5.75. The van der Waals surface area contributed by atoms with Crippen LogP contribution in [0, 0.1) is 0 Å². The van der Waals surface area contributed by atoms with Crippen LogP contribution in [-0.2, 0) is 14.8 Å². The molecule has 0 saturated heterocycles. The Hall–Kier alpha value is -2.35. The van der Waals surface area contributed by atoms with Crippen molar-refractivity contribution in [3.63, 3.8) is 0 Å². The second-order valence-corrected chi connectivity index (χ2v) is 11.6. The fraction of sp³-hybridized carbons (Fsp3) is 0.400. The number of aromatic nitrogens is 1. The van der Waals surface area contributed by atoms with Gasteiger partial charge in [-0.15, -0.1) is 0 Å². The van der Waals surface area contributed by atoms with Crippen molar-refractivity contribution in [3.05, 3.63) is 53.1 Å². The van der Waals surface area contributed by atoms with E-state index in [1.165, 1.54) is 6.07 Å². The van der Waals surface area contributed by atoms with Gasteiger partial charge in [0.25, 0.3) is 0 Å². The summed E-state index contributed by atoms with van der Waals surface area (Å²) in [4.78, 5) is 16.4. The Labute approximate surface area is 199 Å². The van der Waals surface area contributed by atoms with Gasteiger partial charge < -0.3 is 9.72 Å². The van der Waals surface area contributed by atoms with E-state index in [-0.39, 0.29) is 16.0 Å². The molecule has 8 heteroatoms. The summed E-state index contributed by atoms with van der Waals surface area (Å²) in [7, 11) is -3.83. The minimum atomic E-state index is -3.83. The van der Waals surface area contributed by atoms with Crippen LogP contribution in [0.15, 0.2) is 47.4 Å². The molecule has 1 fully saturated rings. The number of ether oxygens (including phenoxy) is 1. The lowest BCUT2D eigenvalue weighted by Gasteiger charge is -2.23. The zero-order valence-electron chi connectivity index (χ0n) is 19.1. The van der Waals surface area contributed by atoms with Crippen LogP contribution in [0.2, 0.25) is 5.02 Å². The van der Waals surface area contributed by atoms with E-state index >= 15 is 0 Å². The number of para-hydroxylation sites is 1. The quantitative estimate of drug-likeness (QED) is 0.427. The number of nitrogens with one attached hydrogen (secondary N) is 2. The molecule has 0 amide bonds. The second kappa shape index (κ2) is 9.12. The highest BCUT2D eigenvalue weighted by Gasteiger charge is 2.28. The average molecular weight is 489 g/mol. The summed E-state index contributed by atoms with van der Waals surface area (Å²) in [6.07, 6.45) is 4.79. The number of benzene rings is 2. The van der Waals surface area contributed by atoms with E-state index in [9.17, 15) is 13.2 Å². The number of hydrogen-bond donors (Lipinski definition) is 2. The van der Waals surface area contributed by atoms with E-state index < -0.39 is 21.6 Å². The number of sulfonamides is 1. The first kappa shape index (κ1) is 23.8. The molecule has 0 radical (unpaired) electrons. The molecule has 1 aromatic heterocycles. The normalized spacial score (nSPS) is 15.6. The Morgan fingerprint density at radius 3 is 2.48 bits per heavy atom. The molecule has 33 heavy (non-hydrogen) atoms. The highest BCUT2D eigenvalue weighted by Crippen LogP contribution is 2.35. The first-order valence-corrected chi connectivity index (χ1v) is 13.1. The number of carbonyl (C=O) groups excluding carboxylic acids is 1. The molecule has 0 unspecified atom stereocenters. The number of carbonyl (C=O) groups is 1. The highest BCUT2D eigenvalue weighted by molar-refractivity contribution is 7.89. The summed E-state index contributed by atoms with van der Waals surface area (Å²) in [5.74, 6) is -0.477. The van der Waals surface area contributed by atoms with Crippen molar-refractivity contribution in [3.8, 4) is 11.3 Å². The second-order valence-electron chi connectivity index (χ2n) is 9.52. The summed E-state index contributed by atoms with van der Waals surface area (Å²) in [5, 5.41) is 0.846. The molecule has 1 heterocycles. The molecule has 1 aliphatic rings. The fourth-order valence-electron chi connectivity index (χ4n) is 4.27. The summed E-state index contributed by atoms with van der Waals surface area (Å²) in [6.45, 7) is 5.43. The molecule has 2 N–H and O–H groups in total. The predicted octanol–water partition coefficient (Wildman–Crippen LogP) is 6.05.